The van der Waals surface area contributed by atoms with E-state index in [2.05, 4.69) is 26.1 Å². The molecule has 0 saturated heterocycles. The second-order valence-corrected chi connectivity index (χ2v) is 4.87. The van der Waals surface area contributed by atoms with Crippen LogP contribution in [0.3, 0.4) is 0 Å². The Kier molecular flexibility index (Phi) is 2.87. The zero-order valence-electron chi connectivity index (χ0n) is 10.1. The number of hydrogen-bond acceptors (Lipinski definition) is 5. The molecule has 0 amide bonds. The van der Waals surface area contributed by atoms with E-state index in [1.54, 1.807) is 12.3 Å². The fraction of sp³-hybridized carbons (Fsp3) is 0.0769. The normalized spacial score (nSPS) is 10.8. The van der Waals surface area contributed by atoms with E-state index in [1.165, 1.54) is 0 Å². The minimum absolute atomic E-state index is 0.384. The van der Waals surface area contributed by atoms with Gasteiger partial charge in [-0.05, 0) is 41.1 Å². The third-order valence-electron chi connectivity index (χ3n) is 2.81. The number of anilines is 1. The fourth-order valence-electron chi connectivity index (χ4n) is 1.78. The number of nitrogens with two attached hydrogens (primary N) is 1. The lowest BCUT2D eigenvalue weighted by atomic mass is 10.2. The van der Waals surface area contributed by atoms with E-state index in [0.29, 0.717) is 23.0 Å². The van der Waals surface area contributed by atoms with Crippen molar-refractivity contribution in [1.29, 1.82) is 0 Å². The van der Waals surface area contributed by atoms with Crippen LogP contribution in [0.5, 0.6) is 0 Å². The maximum absolute atomic E-state index is 5.98. The summed E-state index contributed by atoms with van der Waals surface area (Å²) in [6, 6.07) is 7.35. The van der Waals surface area contributed by atoms with Gasteiger partial charge in [-0.3, -0.25) is 0 Å². The van der Waals surface area contributed by atoms with Gasteiger partial charge in [-0.1, -0.05) is 11.2 Å². The fourth-order valence-corrected chi connectivity index (χ4v) is 2.15. The summed E-state index contributed by atoms with van der Waals surface area (Å²) in [7, 11) is 0. The van der Waals surface area contributed by atoms with Crippen molar-refractivity contribution in [2.75, 3.05) is 5.73 Å². The van der Waals surface area contributed by atoms with Crippen LogP contribution < -0.4 is 5.73 Å². The Morgan fingerprint density at radius 3 is 2.79 bits per heavy atom. The highest BCUT2D eigenvalue weighted by molar-refractivity contribution is 9.10. The first-order chi connectivity index (χ1) is 9.16. The maximum Gasteiger partial charge on any atom is 0.260 e. The quantitative estimate of drug-likeness (QED) is 0.729. The average molecular weight is 320 g/mol. The highest BCUT2D eigenvalue weighted by Gasteiger charge is 2.16. The third kappa shape index (κ3) is 2.04. The van der Waals surface area contributed by atoms with Crippen LogP contribution in [-0.2, 0) is 0 Å². The molecule has 6 heteroatoms. The van der Waals surface area contributed by atoms with Crippen LogP contribution in [0.4, 0.5) is 5.69 Å². The molecule has 0 fully saturated rings. The Labute approximate surface area is 117 Å². The Bertz CT molecular complexity index is 733. The molecule has 3 rings (SSSR count). The molecule has 0 bridgehead atoms. The van der Waals surface area contributed by atoms with Crippen molar-refractivity contribution in [2.45, 2.75) is 6.92 Å². The van der Waals surface area contributed by atoms with Gasteiger partial charge < -0.3 is 14.7 Å². The molecular weight excluding hydrogens is 310 g/mol. The van der Waals surface area contributed by atoms with Gasteiger partial charge in [0, 0.05) is 4.47 Å². The van der Waals surface area contributed by atoms with E-state index in [9.17, 15) is 0 Å². The van der Waals surface area contributed by atoms with Crippen LogP contribution in [0.25, 0.3) is 22.8 Å². The molecule has 2 N–H and O–H groups in total. The molecule has 0 aliphatic rings. The smallest absolute Gasteiger partial charge is 0.260 e. The number of nitrogens with zero attached hydrogens (tertiary/aromatic N) is 2. The Hall–Kier alpha value is -2.08. The van der Waals surface area contributed by atoms with Crippen molar-refractivity contribution in [3.63, 3.8) is 0 Å². The van der Waals surface area contributed by atoms with Crippen LogP contribution in [0, 0.1) is 6.92 Å². The Morgan fingerprint density at radius 2 is 2.05 bits per heavy atom. The summed E-state index contributed by atoms with van der Waals surface area (Å²) in [6.07, 6.45) is 1.59. The SMILES string of the molecule is Cc1occc1-c1noc(-c2cccc(Br)c2N)n1. The molecule has 0 saturated carbocycles. The molecule has 2 aromatic heterocycles. The van der Waals surface area contributed by atoms with Crippen molar-refractivity contribution < 1.29 is 8.94 Å². The molecule has 0 aliphatic heterocycles. The Morgan fingerprint density at radius 1 is 1.21 bits per heavy atom. The molecule has 0 spiro atoms. The monoisotopic (exact) mass is 319 g/mol. The van der Waals surface area contributed by atoms with E-state index in [0.717, 1.165) is 15.8 Å². The van der Waals surface area contributed by atoms with Crippen molar-refractivity contribution in [3.05, 3.63) is 40.8 Å². The number of aryl methyl sites for hydroxylation is 1. The molecule has 0 unspecified atom stereocenters. The largest absolute Gasteiger partial charge is 0.469 e. The lowest BCUT2D eigenvalue weighted by molar-refractivity contribution is 0.432. The van der Waals surface area contributed by atoms with Crippen molar-refractivity contribution in [1.82, 2.24) is 10.1 Å². The summed E-state index contributed by atoms with van der Waals surface area (Å²) in [5.74, 6) is 1.62. The minimum Gasteiger partial charge on any atom is -0.469 e. The van der Waals surface area contributed by atoms with E-state index < -0.39 is 0 Å². The van der Waals surface area contributed by atoms with Gasteiger partial charge in [-0.2, -0.15) is 4.98 Å². The molecule has 1 aromatic carbocycles. The van der Waals surface area contributed by atoms with Crippen LogP contribution in [0.1, 0.15) is 5.76 Å². The highest BCUT2D eigenvalue weighted by atomic mass is 79.9. The second-order valence-electron chi connectivity index (χ2n) is 4.01. The van der Waals surface area contributed by atoms with Crippen LogP contribution >= 0.6 is 15.9 Å². The summed E-state index contributed by atoms with van der Waals surface area (Å²) in [6.45, 7) is 1.85. The zero-order valence-corrected chi connectivity index (χ0v) is 11.6. The average Bonchev–Trinajstić information content (AvgIpc) is 3.01. The summed E-state index contributed by atoms with van der Waals surface area (Å²) in [5.41, 5.74) is 8.06. The van der Waals surface area contributed by atoms with E-state index >= 15 is 0 Å². The first kappa shape index (κ1) is 12.0. The number of para-hydroxylation sites is 1. The Balaban J connectivity index is 2.07. The second kappa shape index (κ2) is 4.55. The van der Waals surface area contributed by atoms with Crippen molar-refractivity contribution in [2.24, 2.45) is 0 Å². The lowest BCUT2D eigenvalue weighted by Gasteiger charge is -2.01. The minimum atomic E-state index is 0.384. The zero-order chi connectivity index (χ0) is 13.4. The number of rotatable bonds is 2. The first-order valence-electron chi connectivity index (χ1n) is 5.59. The highest BCUT2D eigenvalue weighted by Crippen LogP contribution is 2.32. The number of aromatic nitrogens is 2. The summed E-state index contributed by atoms with van der Waals surface area (Å²) in [4.78, 5) is 4.35. The van der Waals surface area contributed by atoms with Crippen LogP contribution in [-0.4, -0.2) is 10.1 Å². The summed E-state index contributed by atoms with van der Waals surface area (Å²) < 4.78 is 11.3. The van der Waals surface area contributed by atoms with Gasteiger partial charge in [-0.25, -0.2) is 0 Å². The predicted molar refractivity (Wildman–Crippen MR) is 74.3 cm³/mol. The van der Waals surface area contributed by atoms with E-state index in [-0.39, 0.29) is 0 Å². The number of hydrogen-bond donors (Lipinski definition) is 1. The van der Waals surface area contributed by atoms with Gasteiger partial charge in [-0.15, -0.1) is 0 Å². The number of benzene rings is 1. The van der Waals surface area contributed by atoms with Crippen molar-refractivity contribution >= 4 is 21.6 Å². The molecular formula is C13H10BrN3O2. The number of halogens is 1. The number of furan rings is 1. The van der Waals surface area contributed by atoms with Gasteiger partial charge in [0.1, 0.15) is 5.76 Å². The molecule has 0 radical (unpaired) electrons. The van der Waals surface area contributed by atoms with Gasteiger partial charge in [0.15, 0.2) is 0 Å². The van der Waals surface area contributed by atoms with Crippen LogP contribution in [0.15, 0.2) is 43.9 Å². The first-order valence-corrected chi connectivity index (χ1v) is 6.38. The van der Waals surface area contributed by atoms with Gasteiger partial charge >= 0.3 is 0 Å². The predicted octanol–water partition coefficient (Wildman–Crippen LogP) is 3.65. The summed E-state index contributed by atoms with van der Waals surface area (Å²) >= 11 is 3.37. The van der Waals surface area contributed by atoms with Gasteiger partial charge in [0.2, 0.25) is 5.82 Å². The molecule has 0 aliphatic carbocycles. The molecule has 96 valence electrons. The third-order valence-corrected chi connectivity index (χ3v) is 3.50. The van der Waals surface area contributed by atoms with Crippen LogP contribution in [0.2, 0.25) is 0 Å². The van der Waals surface area contributed by atoms with E-state index in [1.807, 2.05) is 25.1 Å². The molecule has 5 nitrogen and oxygen atoms in total. The van der Waals surface area contributed by atoms with Crippen molar-refractivity contribution in [3.8, 4) is 22.8 Å². The standard InChI is InChI=1S/C13H10BrN3O2/c1-7-8(5-6-18-7)12-16-13(19-17-12)9-3-2-4-10(14)11(9)15/h2-6H,15H2,1H3. The number of nitrogen functional groups attached to an aromatic ring is 1. The molecule has 3 aromatic rings. The maximum atomic E-state index is 5.98. The lowest BCUT2D eigenvalue weighted by Crippen LogP contribution is -1.91. The molecule has 2 heterocycles. The molecule has 0 atom stereocenters. The van der Waals surface area contributed by atoms with Gasteiger partial charge in [0.25, 0.3) is 5.89 Å². The topological polar surface area (TPSA) is 78.1 Å². The van der Waals surface area contributed by atoms with E-state index in [4.69, 9.17) is 14.7 Å². The summed E-state index contributed by atoms with van der Waals surface area (Å²) in [5, 5.41) is 3.95. The molecule has 19 heavy (non-hydrogen) atoms. The van der Waals surface area contributed by atoms with Gasteiger partial charge in [0.05, 0.1) is 23.1 Å².